The van der Waals surface area contributed by atoms with Gasteiger partial charge in [-0.2, -0.15) is 0 Å². The standard InChI is InChI=1S/C14H22N2O/c1-11-3-4-14(12(2)9-11)16-6-5-13-10-17-8-7-15-13/h3-4,9,13,15-16H,5-8,10H2,1-2H3. The highest BCUT2D eigenvalue weighted by atomic mass is 16.5. The highest BCUT2D eigenvalue weighted by molar-refractivity contribution is 5.51. The highest BCUT2D eigenvalue weighted by Crippen LogP contribution is 2.16. The molecule has 0 amide bonds. The molecule has 1 aliphatic heterocycles. The Kier molecular flexibility index (Phi) is 4.40. The van der Waals surface area contributed by atoms with Gasteiger partial charge in [-0.15, -0.1) is 0 Å². The van der Waals surface area contributed by atoms with Crippen molar-refractivity contribution >= 4 is 5.69 Å². The van der Waals surface area contributed by atoms with Crippen LogP contribution in [0, 0.1) is 13.8 Å². The molecule has 2 N–H and O–H groups in total. The summed E-state index contributed by atoms with van der Waals surface area (Å²) >= 11 is 0. The second-order valence-electron chi connectivity index (χ2n) is 4.76. The second kappa shape index (κ2) is 6.03. The van der Waals surface area contributed by atoms with Crippen molar-refractivity contribution in [3.8, 4) is 0 Å². The van der Waals surface area contributed by atoms with E-state index in [2.05, 4.69) is 42.7 Å². The molecule has 0 spiro atoms. The third kappa shape index (κ3) is 3.72. The lowest BCUT2D eigenvalue weighted by Crippen LogP contribution is -2.42. The summed E-state index contributed by atoms with van der Waals surface area (Å²) in [6, 6.07) is 7.03. The van der Waals surface area contributed by atoms with Crippen LogP contribution >= 0.6 is 0 Å². The van der Waals surface area contributed by atoms with E-state index in [1.807, 2.05) is 0 Å². The zero-order valence-corrected chi connectivity index (χ0v) is 10.8. The molecule has 1 heterocycles. The van der Waals surface area contributed by atoms with Crippen LogP contribution in [0.4, 0.5) is 5.69 Å². The van der Waals surface area contributed by atoms with Gasteiger partial charge in [0.2, 0.25) is 0 Å². The third-order valence-electron chi connectivity index (χ3n) is 3.19. The van der Waals surface area contributed by atoms with Crippen LogP contribution in [0.15, 0.2) is 18.2 Å². The Morgan fingerprint density at radius 1 is 1.41 bits per heavy atom. The van der Waals surface area contributed by atoms with E-state index in [4.69, 9.17) is 4.74 Å². The Hall–Kier alpha value is -1.06. The zero-order valence-electron chi connectivity index (χ0n) is 10.8. The Morgan fingerprint density at radius 2 is 2.29 bits per heavy atom. The van der Waals surface area contributed by atoms with Crippen LogP contribution in [0.25, 0.3) is 0 Å². The van der Waals surface area contributed by atoms with E-state index in [9.17, 15) is 0 Å². The van der Waals surface area contributed by atoms with E-state index >= 15 is 0 Å². The largest absolute Gasteiger partial charge is 0.385 e. The first-order chi connectivity index (χ1) is 8.25. The number of nitrogens with one attached hydrogen (secondary N) is 2. The van der Waals surface area contributed by atoms with Crippen LogP contribution in [0.5, 0.6) is 0 Å². The maximum Gasteiger partial charge on any atom is 0.0620 e. The number of anilines is 1. The predicted molar refractivity (Wildman–Crippen MR) is 71.6 cm³/mol. The zero-order chi connectivity index (χ0) is 12.1. The lowest BCUT2D eigenvalue weighted by Gasteiger charge is -2.24. The molecule has 3 heteroatoms. The summed E-state index contributed by atoms with van der Waals surface area (Å²) in [5.41, 5.74) is 3.88. The van der Waals surface area contributed by atoms with Crippen molar-refractivity contribution in [3.05, 3.63) is 29.3 Å². The van der Waals surface area contributed by atoms with E-state index in [1.165, 1.54) is 16.8 Å². The molecule has 0 bridgehead atoms. The lowest BCUT2D eigenvalue weighted by molar-refractivity contribution is 0.0753. The van der Waals surface area contributed by atoms with Gasteiger partial charge in [0.25, 0.3) is 0 Å². The molecule has 94 valence electrons. The molecule has 1 aromatic rings. The minimum Gasteiger partial charge on any atom is -0.385 e. The van der Waals surface area contributed by atoms with Gasteiger partial charge in [0.05, 0.1) is 13.2 Å². The predicted octanol–water partition coefficient (Wildman–Crippen LogP) is 2.09. The minimum absolute atomic E-state index is 0.502. The summed E-state index contributed by atoms with van der Waals surface area (Å²) in [6.45, 7) is 7.94. The van der Waals surface area contributed by atoms with E-state index in [0.29, 0.717) is 6.04 Å². The van der Waals surface area contributed by atoms with Crippen molar-refractivity contribution in [2.45, 2.75) is 26.3 Å². The minimum atomic E-state index is 0.502. The number of morpholine rings is 1. The molecule has 1 aliphatic rings. The number of rotatable bonds is 4. The van der Waals surface area contributed by atoms with Gasteiger partial charge in [-0.1, -0.05) is 17.7 Å². The van der Waals surface area contributed by atoms with Crippen molar-refractivity contribution in [1.82, 2.24) is 5.32 Å². The Morgan fingerprint density at radius 3 is 3.00 bits per heavy atom. The molecule has 1 saturated heterocycles. The Labute approximate surface area is 104 Å². The molecule has 1 unspecified atom stereocenters. The van der Waals surface area contributed by atoms with Crippen molar-refractivity contribution in [1.29, 1.82) is 0 Å². The normalized spacial score (nSPS) is 20.2. The van der Waals surface area contributed by atoms with Gasteiger partial charge in [-0.05, 0) is 31.9 Å². The van der Waals surface area contributed by atoms with E-state index < -0.39 is 0 Å². The summed E-state index contributed by atoms with van der Waals surface area (Å²) in [5, 5.41) is 6.96. The van der Waals surface area contributed by atoms with Crippen LogP contribution < -0.4 is 10.6 Å². The molecule has 1 fully saturated rings. The molecule has 0 aliphatic carbocycles. The average molecular weight is 234 g/mol. The monoisotopic (exact) mass is 234 g/mol. The van der Waals surface area contributed by atoms with E-state index in [0.717, 1.165) is 32.7 Å². The van der Waals surface area contributed by atoms with Crippen LogP contribution in [-0.2, 0) is 4.74 Å². The number of aryl methyl sites for hydroxylation is 2. The molecule has 0 radical (unpaired) electrons. The van der Waals surface area contributed by atoms with Crippen LogP contribution in [0.1, 0.15) is 17.5 Å². The Bertz CT molecular complexity index is 359. The molecule has 1 aromatic carbocycles. The molecule has 3 nitrogen and oxygen atoms in total. The van der Waals surface area contributed by atoms with Crippen molar-refractivity contribution in [3.63, 3.8) is 0 Å². The fourth-order valence-corrected chi connectivity index (χ4v) is 2.20. The molecule has 1 atom stereocenters. The van der Waals surface area contributed by atoms with Gasteiger partial charge < -0.3 is 15.4 Å². The fourth-order valence-electron chi connectivity index (χ4n) is 2.20. The first-order valence-electron chi connectivity index (χ1n) is 6.38. The van der Waals surface area contributed by atoms with Crippen molar-refractivity contribution in [2.75, 3.05) is 31.6 Å². The number of hydrogen-bond donors (Lipinski definition) is 2. The molecule has 0 aromatic heterocycles. The van der Waals surface area contributed by atoms with Gasteiger partial charge in [0.1, 0.15) is 0 Å². The number of ether oxygens (including phenoxy) is 1. The molecule has 17 heavy (non-hydrogen) atoms. The first-order valence-corrected chi connectivity index (χ1v) is 6.38. The third-order valence-corrected chi connectivity index (χ3v) is 3.19. The number of benzene rings is 1. The number of hydrogen-bond acceptors (Lipinski definition) is 3. The maximum absolute atomic E-state index is 5.43. The first kappa shape index (κ1) is 12.4. The molecular weight excluding hydrogens is 212 g/mol. The van der Waals surface area contributed by atoms with Crippen molar-refractivity contribution < 1.29 is 4.74 Å². The smallest absolute Gasteiger partial charge is 0.0620 e. The average Bonchev–Trinajstić information content (AvgIpc) is 2.33. The molecule has 2 rings (SSSR count). The topological polar surface area (TPSA) is 33.3 Å². The van der Waals surface area contributed by atoms with Crippen molar-refractivity contribution in [2.24, 2.45) is 0 Å². The fraction of sp³-hybridized carbons (Fsp3) is 0.571. The summed E-state index contributed by atoms with van der Waals surface area (Å²) < 4.78 is 5.43. The van der Waals surface area contributed by atoms with Gasteiger partial charge in [0, 0.05) is 24.8 Å². The second-order valence-corrected chi connectivity index (χ2v) is 4.76. The quantitative estimate of drug-likeness (QED) is 0.837. The molecular formula is C14H22N2O. The summed E-state index contributed by atoms with van der Waals surface area (Å²) in [6.07, 6.45) is 1.10. The summed E-state index contributed by atoms with van der Waals surface area (Å²) in [4.78, 5) is 0. The van der Waals surface area contributed by atoms with Gasteiger partial charge in [-0.3, -0.25) is 0 Å². The highest BCUT2D eigenvalue weighted by Gasteiger charge is 2.11. The SMILES string of the molecule is Cc1ccc(NCCC2COCCN2)c(C)c1. The van der Waals surface area contributed by atoms with Crippen LogP contribution in [-0.4, -0.2) is 32.3 Å². The molecule has 0 saturated carbocycles. The lowest BCUT2D eigenvalue weighted by atomic mass is 10.1. The Balaban J connectivity index is 1.77. The van der Waals surface area contributed by atoms with Gasteiger partial charge in [-0.25, -0.2) is 0 Å². The maximum atomic E-state index is 5.43. The summed E-state index contributed by atoms with van der Waals surface area (Å²) in [7, 11) is 0. The van der Waals surface area contributed by atoms with Gasteiger partial charge >= 0.3 is 0 Å². The summed E-state index contributed by atoms with van der Waals surface area (Å²) in [5.74, 6) is 0. The van der Waals surface area contributed by atoms with E-state index in [1.54, 1.807) is 0 Å². The van der Waals surface area contributed by atoms with E-state index in [-0.39, 0.29) is 0 Å². The van der Waals surface area contributed by atoms with Crippen LogP contribution in [0.2, 0.25) is 0 Å². The van der Waals surface area contributed by atoms with Gasteiger partial charge in [0.15, 0.2) is 0 Å². The van der Waals surface area contributed by atoms with Crippen LogP contribution in [0.3, 0.4) is 0 Å².